The molecule has 6 nitrogen and oxygen atoms in total. The second-order valence-corrected chi connectivity index (χ2v) is 4.72. The summed E-state index contributed by atoms with van der Waals surface area (Å²) in [5, 5.41) is 13.7. The molecule has 0 unspecified atom stereocenters. The first-order valence-electron chi connectivity index (χ1n) is 6.26. The molecule has 1 N–H and O–H groups in total. The monoisotopic (exact) mass is 287 g/mol. The first-order valence-corrected chi connectivity index (χ1v) is 6.26. The largest absolute Gasteiger partial charge is 0.325 e. The number of nitrogens with one attached hydrogen (secondary N) is 1. The van der Waals surface area contributed by atoms with Crippen LogP contribution in [0.15, 0.2) is 30.6 Å². The van der Waals surface area contributed by atoms with Crippen LogP contribution in [-0.2, 0) is 11.2 Å². The van der Waals surface area contributed by atoms with Gasteiger partial charge in [0.15, 0.2) is 0 Å². The van der Waals surface area contributed by atoms with Gasteiger partial charge in [0.05, 0.1) is 16.8 Å². The molecule has 21 heavy (non-hydrogen) atoms. The average molecular weight is 287 g/mol. The van der Waals surface area contributed by atoms with Crippen molar-refractivity contribution < 1.29 is 14.1 Å². The Morgan fingerprint density at radius 1 is 1.24 bits per heavy atom. The van der Waals surface area contributed by atoms with Gasteiger partial charge in [-0.3, -0.25) is 19.9 Å². The van der Waals surface area contributed by atoms with E-state index in [2.05, 4.69) is 10.3 Å². The van der Waals surface area contributed by atoms with Gasteiger partial charge < -0.3 is 5.32 Å². The summed E-state index contributed by atoms with van der Waals surface area (Å²) in [7, 11) is 0. The number of hydrogen-bond acceptors (Lipinski definition) is 4. The third-order valence-corrected chi connectivity index (χ3v) is 3.32. The number of aryl methyl sites for hydroxylation is 1. The zero-order valence-corrected chi connectivity index (χ0v) is 10.8. The topological polar surface area (TPSA) is 85.1 Å². The Kier molecular flexibility index (Phi) is 3.09. The van der Waals surface area contributed by atoms with E-state index in [1.807, 2.05) is 0 Å². The minimum Gasteiger partial charge on any atom is -0.325 e. The maximum atomic E-state index is 13.3. The van der Waals surface area contributed by atoms with Gasteiger partial charge in [0.2, 0.25) is 5.91 Å². The van der Waals surface area contributed by atoms with Crippen LogP contribution in [0.1, 0.15) is 12.0 Å². The van der Waals surface area contributed by atoms with E-state index in [0.717, 1.165) is 6.20 Å². The van der Waals surface area contributed by atoms with E-state index in [1.165, 1.54) is 24.4 Å². The molecule has 0 saturated heterocycles. The minimum absolute atomic E-state index is 0.0934. The number of amides is 1. The van der Waals surface area contributed by atoms with E-state index < -0.39 is 10.7 Å². The van der Waals surface area contributed by atoms with Gasteiger partial charge in [-0.1, -0.05) is 0 Å². The van der Waals surface area contributed by atoms with Crippen LogP contribution in [0.25, 0.3) is 11.1 Å². The molecule has 7 heteroatoms. The molecule has 0 saturated carbocycles. The molecule has 2 aromatic rings. The van der Waals surface area contributed by atoms with Crippen molar-refractivity contribution in [3.8, 4) is 11.1 Å². The smallest absolute Gasteiger partial charge is 0.270 e. The standard InChI is InChI=1S/C14H10FN3O3/c15-10-3-9(6-16-7-10)12-5-11(18(20)21)4-8-1-2-13(19)17-14(8)12/h3-7H,1-2H2,(H,17,19). The molecule has 1 amide bonds. The molecular formula is C14H10FN3O3. The SMILES string of the molecule is O=C1CCc2cc([N+](=O)[O-])cc(-c3cncc(F)c3)c2N1. The van der Waals surface area contributed by atoms with E-state index in [4.69, 9.17) is 0 Å². The second-order valence-electron chi connectivity index (χ2n) is 4.72. The molecule has 0 atom stereocenters. The Morgan fingerprint density at radius 3 is 2.76 bits per heavy atom. The van der Waals surface area contributed by atoms with Crippen LogP contribution >= 0.6 is 0 Å². The first-order chi connectivity index (χ1) is 10.0. The first kappa shape index (κ1) is 13.2. The molecule has 0 bridgehead atoms. The summed E-state index contributed by atoms with van der Waals surface area (Å²) in [6, 6.07) is 3.99. The van der Waals surface area contributed by atoms with Gasteiger partial charge >= 0.3 is 0 Å². The maximum Gasteiger partial charge on any atom is 0.270 e. The number of pyridine rings is 1. The van der Waals surface area contributed by atoms with Crippen LogP contribution in [0, 0.1) is 15.9 Å². The summed E-state index contributed by atoms with van der Waals surface area (Å²) in [6.45, 7) is 0. The number of halogens is 1. The van der Waals surface area contributed by atoms with Gasteiger partial charge in [0, 0.05) is 35.9 Å². The van der Waals surface area contributed by atoms with Crippen molar-refractivity contribution in [2.75, 3.05) is 5.32 Å². The zero-order chi connectivity index (χ0) is 15.0. The third-order valence-electron chi connectivity index (χ3n) is 3.32. The summed E-state index contributed by atoms with van der Waals surface area (Å²) >= 11 is 0. The molecule has 1 aromatic carbocycles. The van der Waals surface area contributed by atoms with E-state index in [0.29, 0.717) is 28.8 Å². The zero-order valence-electron chi connectivity index (χ0n) is 10.8. The lowest BCUT2D eigenvalue weighted by Crippen LogP contribution is -2.20. The number of rotatable bonds is 2. The van der Waals surface area contributed by atoms with Crippen LogP contribution in [0.3, 0.4) is 0 Å². The van der Waals surface area contributed by atoms with Crippen molar-refractivity contribution in [3.05, 3.63) is 52.1 Å². The van der Waals surface area contributed by atoms with E-state index in [9.17, 15) is 19.3 Å². The van der Waals surface area contributed by atoms with Crippen LogP contribution in [0.5, 0.6) is 0 Å². The highest BCUT2D eigenvalue weighted by atomic mass is 19.1. The highest BCUT2D eigenvalue weighted by Gasteiger charge is 2.23. The number of benzene rings is 1. The fourth-order valence-electron chi connectivity index (χ4n) is 2.37. The Bertz CT molecular complexity index is 761. The predicted molar refractivity (Wildman–Crippen MR) is 73.2 cm³/mol. The number of nitro groups is 1. The number of carbonyl (C=O) groups excluding carboxylic acids is 1. The number of nitrogens with zero attached hydrogens (tertiary/aromatic N) is 2. The fraction of sp³-hybridized carbons (Fsp3) is 0.143. The molecule has 1 aliphatic rings. The molecule has 3 rings (SSSR count). The Labute approximate surface area is 118 Å². The molecule has 0 aliphatic carbocycles. The second kappa shape index (κ2) is 4.93. The average Bonchev–Trinajstić information content (AvgIpc) is 2.46. The fourth-order valence-corrected chi connectivity index (χ4v) is 2.37. The Morgan fingerprint density at radius 2 is 2.05 bits per heavy atom. The molecule has 1 aliphatic heterocycles. The maximum absolute atomic E-state index is 13.3. The van der Waals surface area contributed by atoms with Crippen molar-refractivity contribution in [1.29, 1.82) is 0 Å². The molecule has 0 radical (unpaired) electrons. The van der Waals surface area contributed by atoms with E-state index in [-0.39, 0.29) is 18.0 Å². The molecule has 0 fully saturated rings. The summed E-state index contributed by atoms with van der Waals surface area (Å²) < 4.78 is 13.3. The molecule has 106 valence electrons. The Hall–Kier alpha value is -2.83. The quantitative estimate of drug-likeness (QED) is 0.679. The molecule has 0 spiro atoms. The van der Waals surface area contributed by atoms with Gasteiger partial charge in [-0.2, -0.15) is 0 Å². The number of non-ortho nitro benzene ring substituents is 1. The lowest BCUT2D eigenvalue weighted by Gasteiger charge is -2.20. The number of fused-ring (bicyclic) bond motifs is 1. The number of anilines is 1. The highest BCUT2D eigenvalue weighted by Crippen LogP contribution is 2.37. The van der Waals surface area contributed by atoms with Crippen molar-refractivity contribution in [2.45, 2.75) is 12.8 Å². The van der Waals surface area contributed by atoms with E-state index in [1.54, 1.807) is 0 Å². The van der Waals surface area contributed by atoms with Crippen molar-refractivity contribution in [3.63, 3.8) is 0 Å². The van der Waals surface area contributed by atoms with Gasteiger partial charge in [-0.15, -0.1) is 0 Å². The van der Waals surface area contributed by atoms with Crippen LogP contribution in [0.2, 0.25) is 0 Å². The highest BCUT2D eigenvalue weighted by molar-refractivity contribution is 5.99. The predicted octanol–water partition coefficient (Wildman–Crippen LogP) is 2.68. The lowest BCUT2D eigenvalue weighted by atomic mass is 9.95. The number of aromatic nitrogens is 1. The van der Waals surface area contributed by atoms with Gasteiger partial charge in [0.1, 0.15) is 5.82 Å². The van der Waals surface area contributed by atoms with Crippen molar-refractivity contribution in [1.82, 2.24) is 4.98 Å². The number of hydrogen-bond donors (Lipinski definition) is 1. The Balaban J connectivity index is 2.24. The third kappa shape index (κ3) is 2.45. The van der Waals surface area contributed by atoms with Crippen molar-refractivity contribution >= 4 is 17.3 Å². The van der Waals surface area contributed by atoms with Gasteiger partial charge in [0.25, 0.3) is 5.69 Å². The van der Waals surface area contributed by atoms with Gasteiger partial charge in [-0.05, 0) is 18.1 Å². The lowest BCUT2D eigenvalue weighted by molar-refractivity contribution is -0.384. The normalized spacial score (nSPS) is 13.5. The van der Waals surface area contributed by atoms with Crippen molar-refractivity contribution in [2.24, 2.45) is 0 Å². The number of carbonyl (C=O) groups is 1. The molecule has 1 aromatic heterocycles. The minimum atomic E-state index is -0.546. The summed E-state index contributed by atoms with van der Waals surface area (Å²) in [4.78, 5) is 25.8. The van der Waals surface area contributed by atoms with Crippen LogP contribution in [0.4, 0.5) is 15.8 Å². The van der Waals surface area contributed by atoms with Gasteiger partial charge in [-0.25, -0.2) is 4.39 Å². The summed E-state index contributed by atoms with van der Waals surface area (Å²) in [6.07, 6.45) is 3.14. The van der Waals surface area contributed by atoms with Crippen LogP contribution < -0.4 is 5.32 Å². The summed E-state index contributed by atoms with van der Waals surface area (Å²) in [5.74, 6) is -0.711. The molecular weight excluding hydrogens is 277 g/mol. The van der Waals surface area contributed by atoms with Crippen LogP contribution in [-0.4, -0.2) is 15.8 Å². The summed E-state index contributed by atoms with van der Waals surface area (Å²) in [5.41, 5.74) is 1.85. The van der Waals surface area contributed by atoms with E-state index >= 15 is 0 Å². The number of nitro benzene ring substituents is 1. The molecule has 2 heterocycles.